The van der Waals surface area contributed by atoms with Crippen LogP contribution in [0.25, 0.3) is 0 Å². The molecule has 0 atom stereocenters. The second kappa shape index (κ2) is 7.42. The summed E-state index contributed by atoms with van der Waals surface area (Å²) in [6, 6.07) is 3.96. The Morgan fingerprint density at radius 3 is 2.32 bits per heavy atom. The van der Waals surface area contributed by atoms with Gasteiger partial charge in [0.15, 0.2) is 0 Å². The van der Waals surface area contributed by atoms with Crippen LogP contribution < -0.4 is 4.74 Å². The van der Waals surface area contributed by atoms with Crippen LogP contribution in [0.4, 0.5) is 0 Å². The van der Waals surface area contributed by atoms with Gasteiger partial charge in [-0.25, -0.2) is 0 Å². The summed E-state index contributed by atoms with van der Waals surface area (Å²) in [6.45, 7) is 4.34. The minimum Gasteiger partial charge on any atom is -0.489 e. The summed E-state index contributed by atoms with van der Waals surface area (Å²) in [5.74, 6) is 0.933. The van der Waals surface area contributed by atoms with Crippen LogP contribution >= 0.6 is 0 Å². The van der Waals surface area contributed by atoms with Crippen LogP contribution in [-0.2, 0) is 4.74 Å². The molecular formula is C18H28N2O2. The van der Waals surface area contributed by atoms with Crippen molar-refractivity contribution in [3.8, 4) is 5.75 Å². The van der Waals surface area contributed by atoms with E-state index in [4.69, 9.17) is 9.47 Å². The van der Waals surface area contributed by atoms with Gasteiger partial charge in [0.1, 0.15) is 5.75 Å². The summed E-state index contributed by atoms with van der Waals surface area (Å²) >= 11 is 0. The molecule has 0 radical (unpaired) electrons. The molecular weight excluding hydrogens is 276 g/mol. The number of aryl methyl sites for hydroxylation is 1. The predicted octanol–water partition coefficient (Wildman–Crippen LogP) is 3.19. The maximum absolute atomic E-state index is 6.31. The van der Waals surface area contributed by atoms with Crippen LogP contribution in [0.2, 0.25) is 0 Å². The number of piperidine rings is 1. The van der Waals surface area contributed by atoms with Gasteiger partial charge >= 0.3 is 0 Å². The number of nitrogens with zero attached hydrogens (tertiary/aromatic N) is 2. The number of hydrogen-bond acceptors (Lipinski definition) is 4. The highest BCUT2D eigenvalue weighted by Gasteiger charge is 2.27. The van der Waals surface area contributed by atoms with Gasteiger partial charge < -0.3 is 14.4 Å². The van der Waals surface area contributed by atoms with E-state index < -0.39 is 0 Å². The van der Waals surface area contributed by atoms with Crippen molar-refractivity contribution < 1.29 is 9.47 Å². The molecule has 2 heterocycles. The molecule has 1 aromatic heterocycles. The maximum Gasteiger partial charge on any atom is 0.140 e. The molecule has 1 aromatic rings. The first-order chi connectivity index (χ1) is 10.7. The van der Waals surface area contributed by atoms with Gasteiger partial charge in [-0.3, -0.25) is 4.98 Å². The highest BCUT2D eigenvalue weighted by Crippen LogP contribution is 2.28. The van der Waals surface area contributed by atoms with E-state index >= 15 is 0 Å². The lowest BCUT2D eigenvalue weighted by Crippen LogP contribution is -2.37. The van der Waals surface area contributed by atoms with Gasteiger partial charge in [-0.05, 0) is 64.6 Å². The summed E-state index contributed by atoms with van der Waals surface area (Å²) in [6.07, 6.45) is 9.82. The Morgan fingerprint density at radius 2 is 1.64 bits per heavy atom. The molecule has 1 saturated carbocycles. The van der Waals surface area contributed by atoms with Crippen molar-refractivity contribution in [2.45, 2.75) is 63.8 Å². The standard InChI is InChI=1S/C18H28N2O2/c1-14-18(4-3-11-19-14)22-16-7-5-15(6-8-16)21-17-9-12-20(2)13-10-17/h3-4,11,15-17H,5-10,12-13H2,1-2H3. The Labute approximate surface area is 133 Å². The molecule has 1 saturated heterocycles. The predicted molar refractivity (Wildman–Crippen MR) is 87.3 cm³/mol. The van der Waals surface area contributed by atoms with Crippen molar-refractivity contribution in [2.75, 3.05) is 20.1 Å². The van der Waals surface area contributed by atoms with Gasteiger partial charge in [-0.1, -0.05) is 0 Å². The molecule has 2 aliphatic rings. The first-order valence-corrected chi connectivity index (χ1v) is 8.63. The second-order valence-electron chi connectivity index (χ2n) is 6.74. The third-order valence-corrected chi connectivity index (χ3v) is 4.92. The zero-order valence-electron chi connectivity index (χ0n) is 13.8. The van der Waals surface area contributed by atoms with E-state index in [2.05, 4.69) is 16.9 Å². The number of likely N-dealkylation sites (tertiary alicyclic amines) is 1. The molecule has 122 valence electrons. The van der Waals surface area contributed by atoms with Crippen LogP contribution in [0.15, 0.2) is 18.3 Å². The second-order valence-corrected chi connectivity index (χ2v) is 6.74. The highest BCUT2D eigenvalue weighted by molar-refractivity contribution is 5.25. The monoisotopic (exact) mass is 304 g/mol. The van der Waals surface area contributed by atoms with E-state index in [0.29, 0.717) is 18.3 Å². The van der Waals surface area contributed by atoms with Crippen molar-refractivity contribution in [3.63, 3.8) is 0 Å². The van der Waals surface area contributed by atoms with Crippen LogP contribution in [0, 0.1) is 6.92 Å². The van der Waals surface area contributed by atoms with E-state index in [1.807, 2.05) is 25.3 Å². The summed E-state index contributed by atoms with van der Waals surface area (Å²) in [5, 5.41) is 0. The van der Waals surface area contributed by atoms with Crippen molar-refractivity contribution in [1.29, 1.82) is 0 Å². The van der Waals surface area contributed by atoms with Gasteiger partial charge in [0.2, 0.25) is 0 Å². The van der Waals surface area contributed by atoms with Crippen molar-refractivity contribution in [3.05, 3.63) is 24.0 Å². The first kappa shape index (κ1) is 15.8. The summed E-state index contributed by atoms with van der Waals surface area (Å²) in [7, 11) is 2.19. The van der Waals surface area contributed by atoms with Crippen molar-refractivity contribution in [1.82, 2.24) is 9.88 Å². The molecule has 4 nitrogen and oxygen atoms in total. The van der Waals surface area contributed by atoms with E-state index in [1.165, 1.54) is 25.9 Å². The topological polar surface area (TPSA) is 34.6 Å². The number of aromatic nitrogens is 1. The Hall–Kier alpha value is -1.13. The number of hydrogen-bond donors (Lipinski definition) is 0. The molecule has 1 aliphatic carbocycles. The largest absolute Gasteiger partial charge is 0.489 e. The normalized spacial score (nSPS) is 27.7. The van der Waals surface area contributed by atoms with Crippen LogP contribution in [0.3, 0.4) is 0 Å². The summed E-state index contributed by atoms with van der Waals surface area (Å²) < 4.78 is 12.4. The minimum atomic E-state index is 0.320. The average Bonchev–Trinajstić information content (AvgIpc) is 2.54. The van der Waals surface area contributed by atoms with Crippen LogP contribution in [0.5, 0.6) is 5.75 Å². The van der Waals surface area contributed by atoms with E-state index in [-0.39, 0.29) is 0 Å². The molecule has 4 heteroatoms. The minimum absolute atomic E-state index is 0.320. The van der Waals surface area contributed by atoms with Gasteiger partial charge in [-0.2, -0.15) is 0 Å². The lowest BCUT2D eigenvalue weighted by Gasteiger charge is -2.35. The molecule has 1 aliphatic heterocycles. The molecule has 0 amide bonds. The molecule has 2 fully saturated rings. The van der Waals surface area contributed by atoms with Gasteiger partial charge in [0.05, 0.1) is 24.0 Å². The molecule has 0 bridgehead atoms. The Kier molecular flexibility index (Phi) is 5.32. The van der Waals surface area contributed by atoms with Crippen LogP contribution in [-0.4, -0.2) is 48.3 Å². The Balaban J connectivity index is 1.42. The smallest absolute Gasteiger partial charge is 0.140 e. The summed E-state index contributed by atoms with van der Waals surface area (Å²) in [4.78, 5) is 6.68. The molecule has 0 spiro atoms. The van der Waals surface area contributed by atoms with Gasteiger partial charge in [0.25, 0.3) is 0 Å². The van der Waals surface area contributed by atoms with E-state index in [9.17, 15) is 0 Å². The molecule has 0 unspecified atom stereocenters. The van der Waals surface area contributed by atoms with Gasteiger partial charge in [0, 0.05) is 19.3 Å². The molecule has 0 aromatic carbocycles. The number of rotatable bonds is 4. The lowest BCUT2D eigenvalue weighted by atomic mass is 9.94. The van der Waals surface area contributed by atoms with E-state index in [1.54, 1.807) is 0 Å². The quantitative estimate of drug-likeness (QED) is 0.855. The third-order valence-electron chi connectivity index (χ3n) is 4.92. The SMILES string of the molecule is Cc1ncccc1OC1CCC(OC2CCN(C)CC2)CC1. The molecule has 3 rings (SSSR count). The number of pyridine rings is 1. The fourth-order valence-electron chi connectivity index (χ4n) is 3.45. The first-order valence-electron chi connectivity index (χ1n) is 8.63. The average molecular weight is 304 g/mol. The van der Waals surface area contributed by atoms with Crippen LogP contribution in [0.1, 0.15) is 44.2 Å². The zero-order valence-corrected chi connectivity index (χ0v) is 13.8. The van der Waals surface area contributed by atoms with Gasteiger partial charge in [-0.15, -0.1) is 0 Å². The highest BCUT2D eigenvalue weighted by atomic mass is 16.5. The van der Waals surface area contributed by atoms with Crippen molar-refractivity contribution >= 4 is 0 Å². The summed E-state index contributed by atoms with van der Waals surface area (Å²) in [5.41, 5.74) is 0.979. The van der Waals surface area contributed by atoms with Crippen molar-refractivity contribution in [2.24, 2.45) is 0 Å². The maximum atomic E-state index is 6.31. The fraction of sp³-hybridized carbons (Fsp3) is 0.722. The molecule has 0 N–H and O–H groups in total. The van der Waals surface area contributed by atoms with E-state index in [0.717, 1.165) is 37.1 Å². The molecule has 22 heavy (non-hydrogen) atoms. The lowest BCUT2D eigenvalue weighted by molar-refractivity contribution is -0.0643. The Bertz CT molecular complexity index is 464. The Morgan fingerprint density at radius 1 is 1.00 bits per heavy atom. The third kappa shape index (κ3) is 4.20. The zero-order chi connectivity index (χ0) is 15.4. The fourth-order valence-corrected chi connectivity index (χ4v) is 3.45. The number of ether oxygens (including phenoxy) is 2.